The summed E-state index contributed by atoms with van der Waals surface area (Å²) in [5.41, 5.74) is 0.989. The van der Waals surface area contributed by atoms with Gasteiger partial charge in [-0.25, -0.2) is 4.98 Å². The summed E-state index contributed by atoms with van der Waals surface area (Å²) in [6.07, 6.45) is 0.177. The first-order valence-corrected chi connectivity index (χ1v) is 6.26. The van der Waals surface area contributed by atoms with Crippen molar-refractivity contribution < 1.29 is 9.47 Å². The zero-order chi connectivity index (χ0) is 12.3. The first kappa shape index (κ1) is 12.1. The van der Waals surface area contributed by atoms with Crippen LogP contribution in [0.4, 0.5) is 5.13 Å². The number of benzene rings is 1. The molecule has 1 aromatic heterocycles. The van der Waals surface area contributed by atoms with Gasteiger partial charge in [-0.15, -0.1) is 0 Å². The maximum Gasteiger partial charge on any atom is 0.183 e. The van der Waals surface area contributed by atoms with Gasteiger partial charge in [0.25, 0.3) is 0 Å². The van der Waals surface area contributed by atoms with E-state index in [0.717, 1.165) is 27.6 Å². The third-order valence-electron chi connectivity index (χ3n) is 2.54. The van der Waals surface area contributed by atoms with Crippen molar-refractivity contribution in [2.75, 3.05) is 26.1 Å². The van der Waals surface area contributed by atoms with Crippen molar-refractivity contribution in [3.05, 3.63) is 18.2 Å². The molecule has 0 amide bonds. The average molecular weight is 252 g/mol. The quantitative estimate of drug-likeness (QED) is 0.888. The molecular formula is C12H16N2O2S. The van der Waals surface area contributed by atoms with Gasteiger partial charge < -0.3 is 14.8 Å². The van der Waals surface area contributed by atoms with Crippen LogP contribution in [0.25, 0.3) is 10.2 Å². The SMILES string of the molecule is COc1ccc2nc(NCC(C)OC)sc2c1. The normalized spacial score (nSPS) is 12.6. The van der Waals surface area contributed by atoms with E-state index in [-0.39, 0.29) is 6.10 Å². The molecule has 0 radical (unpaired) electrons. The van der Waals surface area contributed by atoms with Crippen LogP contribution in [-0.4, -0.2) is 31.9 Å². The second kappa shape index (κ2) is 5.33. The lowest BCUT2D eigenvalue weighted by Gasteiger charge is -2.08. The molecule has 92 valence electrons. The molecular weight excluding hydrogens is 236 g/mol. The Bertz CT molecular complexity index is 498. The van der Waals surface area contributed by atoms with Gasteiger partial charge in [-0.2, -0.15) is 0 Å². The fourth-order valence-electron chi connectivity index (χ4n) is 1.42. The molecule has 1 aromatic carbocycles. The first-order valence-electron chi connectivity index (χ1n) is 5.44. The third-order valence-corrected chi connectivity index (χ3v) is 3.51. The van der Waals surface area contributed by atoms with Crippen LogP contribution in [0.15, 0.2) is 18.2 Å². The van der Waals surface area contributed by atoms with Gasteiger partial charge in [0.1, 0.15) is 5.75 Å². The zero-order valence-electron chi connectivity index (χ0n) is 10.2. The van der Waals surface area contributed by atoms with E-state index >= 15 is 0 Å². The number of methoxy groups -OCH3 is 2. The summed E-state index contributed by atoms with van der Waals surface area (Å²) < 4.78 is 11.5. The van der Waals surface area contributed by atoms with Crippen molar-refractivity contribution in [1.82, 2.24) is 4.98 Å². The standard InChI is InChI=1S/C12H16N2O2S/c1-8(15-2)7-13-12-14-10-5-4-9(16-3)6-11(10)17-12/h4-6,8H,7H2,1-3H3,(H,13,14). The fraction of sp³-hybridized carbons (Fsp3) is 0.417. The summed E-state index contributed by atoms with van der Waals surface area (Å²) in [7, 11) is 3.37. The maximum atomic E-state index is 5.19. The van der Waals surface area contributed by atoms with Crippen molar-refractivity contribution in [3.8, 4) is 5.75 Å². The molecule has 0 aliphatic heterocycles. The van der Waals surface area contributed by atoms with E-state index < -0.39 is 0 Å². The van der Waals surface area contributed by atoms with Crippen LogP contribution < -0.4 is 10.1 Å². The molecule has 0 saturated carbocycles. The lowest BCUT2D eigenvalue weighted by molar-refractivity contribution is 0.129. The summed E-state index contributed by atoms with van der Waals surface area (Å²) in [5, 5.41) is 4.18. The van der Waals surface area contributed by atoms with Crippen molar-refractivity contribution in [2.45, 2.75) is 13.0 Å². The fourth-order valence-corrected chi connectivity index (χ4v) is 2.32. The molecule has 0 aliphatic carbocycles. The van der Waals surface area contributed by atoms with Gasteiger partial charge in [-0.05, 0) is 25.1 Å². The van der Waals surface area contributed by atoms with Crippen LogP contribution in [-0.2, 0) is 4.74 Å². The van der Waals surface area contributed by atoms with Crippen molar-refractivity contribution >= 4 is 26.7 Å². The van der Waals surface area contributed by atoms with Crippen LogP contribution in [0, 0.1) is 0 Å². The largest absolute Gasteiger partial charge is 0.497 e. The Morgan fingerprint density at radius 2 is 2.24 bits per heavy atom. The number of nitrogens with zero attached hydrogens (tertiary/aromatic N) is 1. The van der Waals surface area contributed by atoms with Crippen molar-refractivity contribution in [1.29, 1.82) is 0 Å². The van der Waals surface area contributed by atoms with E-state index in [0.29, 0.717) is 0 Å². The number of nitrogens with one attached hydrogen (secondary N) is 1. The average Bonchev–Trinajstić information content (AvgIpc) is 2.77. The molecule has 0 spiro atoms. The molecule has 17 heavy (non-hydrogen) atoms. The Labute approximate surface area is 105 Å². The Balaban J connectivity index is 2.14. The summed E-state index contributed by atoms with van der Waals surface area (Å²) in [4.78, 5) is 4.49. The minimum Gasteiger partial charge on any atom is -0.497 e. The van der Waals surface area contributed by atoms with E-state index in [9.17, 15) is 0 Å². The van der Waals surface area contributed by atoms with E-state index in [2.05, 4.69) is 10.3 Å². The van der Waals surface area contributed by atoms with E-state index in [1.165, 1.54) is 0 Å². The van der Waals surface area contributed by atoms with Gasteiger partial charge in [-0.3, -0.25) is 0 Å². The molecule has 1 N–H and O–H groups in total. The number of ether oxygens (including phenoxy) is 2. The Hall–Kier alpha value is -1.33. The van der Waals surface area contributed by atoms with E-state index in [4.69, 9.17) is 9.47 Å². The molecule has 1 unspecified atom stereocenters. The lowest BCUT2D eigenvalue weighted by Crippen LogP contribution is -2.17. The number of hydrogen-bond donors (Lipinski definition) is 1. The smallest absolute Gasteiger partial charge is 0.183 e. The van der Waals surface area contributed by atoms with E-state index in [1.807, 2.05) is 25.1 Å². The first-order chi connectivity index (χ1) is 8.22. The number of anilines is 1. The molecule has 0 aliphatic rings. The zero-order valence-corrected chi connectivity index (χ0v) is 11.0. The predicted molar refractivity (Wildman–Crippen MR) is 71.1 cm³/mol. The second-order valence-corrected chi connectivity index (χ2v) is 4.81. The van der Waals surface area contributed by atoms with Gasteiger partial charge in [0, 0.05) is 13.7 Å². The number of hydrogen-bond acceptors (Lipinski definition) is 5. The Morgan fingerprint density at radius 1 is 1.41 bits per heavy atom. The topological polar surface area (TPSA) is 43.4 Å². The van der Waals surface area contributed by atoms with Crippen molar-refractivity contribution in [2.24, 2.45) is 0 Å². The minimum atomic E-state index is 0.177. The highest BCUT2D eigenvalue weighted by molar-refractivity contribution is 7.22. The predicted octanol–water partition coefficient (Wildman–Crippen LogP) is 2.75. The highest BCUT2D eigenvalue weighted by Gasteiger charge is 2.06. The summed E-state index contributed by atoms with van der Waals surface area (Å²) in [6.45, 7) is 2.77. The number of thiazole rings is 1. The van der Waals surface area contributed by atoms with Crippen LogP contribution in [0.3, 0.4) is 0 Å². The molecule has 1 atom stereocenters. The van der Waals surface area contributed by atoms with E-state index in [1.54, 1.807) is 25.6 Å². The minimum absolute atomic E-state index is 0.177. The molecule has 0 fully saturated rings. The number of rotatable bonds is 5. The molecule has 0 bridgehead atoms. The number of aromatic nitrogens is 1. The molecule has 2 aromatic rings. The maximum absolute atomic E-state index is 5.19. The third kappa shape index (κ3) is 2.87. The Morgan fingerprint density at radius 3 is 2.94 bits per heavy atom. The van der Waals surface area contributed by atoms with Crippen molar-refractivity contribution in [3.63, 3.8) is 0 Å². The van der Waals surface area contributed by atoms with Gasteiger partial charge >= 0.3 is 0 Å². The van der Waals surface area contributed by atoms with Crippen LogP contribution >= 0.6 is 11.3 Å². The van der Waals surface area contributed by atoms with Crippen LogP contribution in [0.5, 0.6) is 5.75 Å². The highest BCUT2D eigenvalue weighted by atomic mass is 32.1. The lowest BCUT2D eigenvalue weighted by atomic mass is 10.3. The molecule has 4 nitrogen and oxygen atoms in total. The molecule has 5 heteroatoms. The van der Waals surface area contributed by atoms with Crippen LogP contribution in [0.2, 0.25) is 0 Å². The van der Waals surface area contributed by atoms with Crippen LogP contribution in [0.1, 0.15) is 6.92 Å². The van der Waals surface area contributed by atoms with Gasteiger partial charge in [0.2, 0.25) is 0 Å². The van der Waals surface area contributed by atoms with Gasteiger partial charge in [0.05, 0.1) is 23.4 Å². The molecule has 2 rings (SSSR count). The Kier molecular flexibility index (Phi) is 3.81. The summed E-state index contributed by atoms with van der Waals surface area (Å²) in [5.74, 6) is 0.859. The van der Waals surface area contributed by atoms with Gasteiger partial charge in [-0.1, -0.05) is 11.3 Å². The monoisotopic (exact) mass is 252 g/mol. The molecule has 0 saturated heterocycles. The number of fused-ring (bicyclic) bond motifs is 1. The second-order valence-electron chi connectivity index (χ2n) is 3.78. The van der Waals surface area contributed by atoms with Gasteiger partial charge in [0.15, 0.2) is 5.13 Å². The summed E-state index contributed by atoms with van der Waals surface area (Å²) in [6, 6.07) is 5.89. The molecule has 1 heterocycles. The summed E-state index contributed by atoms with van der Waals surface area (Å²) >= 11 is 1.62. The highest BCUT2D eigenvalue weighted by Crippen LogP contribution is 2.28.